The normalized spacial score (nSPS) is 10.6. The maximum absolute atomic E-state index is 12.8. The standard InChI is InChI=1S/C23H27N3O3/c1-4-13-28-20-10-9-18(16-21(20)29-14-5-2)23(27)25-19-8-6-7-17(15-19)22-24-11-12-26(22)3/h6-12,15-16H,4-5,13-14H2,1-3H3,(H,25,27). The predicted molar refractivity (Wildman–Crippen MR) is 115 cm³/mol. The molecule has 0 aliphatic heterocycles. The van der Waals surface area contributed by atoms with E-state index in [4.69, 9.17) is 9.47 Å². The molecule has 0 aliphatic rings. The zero-order valence-electron chi connectivity index (χ0n) is 17.1. The Balaban J connectivity index is 1.79. The number of hydrogen-bond acceptors (Lipinski definition) is 4. The minimum absolute atomic E-state index is 0.203. The van der Waals surface area contributed by atoms with Crippen molar-refractivity contribution >= 4 is 11.6 Å². The van der Waals surface area contributed by atoms with Crippen LogP contribution in [0, 0.1) is 0 Å². The van der Waals surface area contributed by atoms with Crippen molar-refractivity contribution in [2.24, 2.45) is 7.05 Å². The summed E-state index contributed by atoms with van der Waals surface area (Å²) < 4.78 is 13.5. The summed E-state index contributed by atoms with van der Waals surface area (Å²) in [4.78, 5) is 17.2. The van der Waals surface area contributed by atoms with Crippen LogP contribution in [0.3, 0.4) is 0 Å². The first-order valence-electron chi connectivity index (χ1n) is 9.91. The average molecular weight is 393 g/mol. The maximum Gasteiger partial charge on any atom is 0.255 e. The Morgan fingerprint density at radius 3 is 2.48 bits per heavy atom. The van der Waals surface area contributed by atoms with E-state index in [0.717, 1.165) is 24.2 Å². The van der Waals surface area contributed by atoms with Crippen LogP contribution in [0.15, 0.2) is 54.9 Å². The van der Waals surface area contributed by atoms with Gasteiger partial charge in [-0.2, -0.15) is 0 Å². The number of rotatable bonds is 9. The van der Waals surface area contributed by atoms with Crippen molar-refractivity contribution in [2.45, 2.75) is 26.7 Å². The van der Waals surface area contributed by atoms with Gasteiger partial charge in [0.25, 0.3) is 5.91 Å². The molecule has 0 bridgehead atoms. The van der Waals surface area contributed by atoms with E-state index in [0.29, 0.717) is 36.0 Å². The number of amides is 1. The zero-order valence-corrected chi connectivity index (χ0v) is 17.1. The molecule has 29 heavy (non-hydrogen) atoms. The number of carbonyl (C=O) groups is 1. The van der Waals surface area contributed by atoms with Crippen LogP contribution in [0.5, 0.6) is 11.5 Å². The van der Waals surface area contributed by atoms with Gasteiger partial charge < -0.3 is 19.4 Å². The molecule has 1 aromatic heterocycles. The van der Waals surface area contributed by atoms with E-state index in [2.05, 4.69) is 10.3 Å². The van der Waals surface area contributed by atoms with Crippen molar-refractivity contribution in [2.75, 3.05) is 18.5 Å². The maximum atomic E-state index is 12.8. The third-order valence-electron chi connectivity index (χ3n) is 4.33. The lowest BCUT2D eigenvalue weighted by molar-refractivity contribution is 0.102. The van der Waals surface area contributed by atoms with Crippen molar-refractivity contribution in [1.29, 1.82) is 0 Å². The average Bonchev–Trinajstić information content (AvgIpc) is 3.17. The van der Waals surface area contributed by atoms with Crippen molar-refractivity contribution in [3.05, 3.63) is 60.4 Å². The molecule has 1 heterocycles. The zero-order chi connectivity index (χ0) is 20.6. The van der Waals surface area contributed by atoms with Gasteiger partial charge in [0.15, 0.2) is 11.5 Å². The summed E-state index contributed by atoms with van der Waals surface area (Å²) >= 11 is 0. The molecule has 6 nitrogen and oxygen atoms in total. The molecule has 0 saturated heterocycles. The Morgan fingerprint density at radius 1 is 1.03 bits per heavy atom. The lowest BCUT2D eigenvalue weighted by atomic mass is 10.1. The highest BCUT2D eigenvalue weighted by Gasteiger charge is 2.13. The number of ether oxygens (including phenoxy) is 2. The van der Waals surface area contributed by atoms with Crippen LogP contribution in [0.2, 0.25) is 0 Å². The molecule has 0 saturated carbocycles. The molecule has 0 atom stereocenters. The molecule has 0 aliphatic carbocycles. The molecule has 0 fully saturated rings. The van der Waals surface area contributed by atoms with E-state index in [1.165, 1.54) is 0 Å². The van der Waals surface area contributed by atoms with E-state index < -0.39 is 0 Å². The van der Waals surface area contributed by atoms with Gasteiger partial charge in [0.05, 0.1) is 13.2 Å². The second-order valence-corrected chi connectivity index (χ2v) is 6.76. The first kappa shape index (κ1) is 20.5. The largest absolute Gasteiger partial charge is 0.490 e. The Hall–Kier alpha value is -3.28. The molecule has 152 valence electrons. The third kappa shape index (κ3) is 5.16. The van der Waals surface area contributed by atoms with Gasteiger partial charge in [-0.15, -0.1) is 0 Å². The number of nitrogens with one attached hydrogen (secondary N) is 1. The number of aryl methyl sites for hydroxylation is 1. The van der Waals surface area contributed by atoms with Crippen LogP contribution in [0.4, 0.5) is 5.69 Å². The van der Waals surface area contributed by atoms with Gasteiger partial charge in [-0.05, 0) is 43.2 Å². The summed E-state index contributed by atoms with van der Waals surface area (Å²) in [6.07, 6.45) is 5.42. The fourth-order valence-corrected chi connectivity index (χ4v) is 2.89. The Kier molecular flexibility index (Phi) is 6.89. The van der Waals surface area contributed by atoms with Gasteiger partial charge in [0, 0.05) is 36.3 Å². The lowest BCUT2D eigenvalue weighted by Crippen LogP contribution is -2.12. The number of anilines is 1. The molecule has 2 aromatic carbocycles. The number of carbonyl (C=O) groups excluding carboxylic acids is 1. The number of benzene rings is 2. The molecule has 1 amide bonds. The molecule has 0 spiro atoms. The van der Waals surface area contributed by atoms with Gasteiger partial charge in [0.2, 0.25) is 0 Å². The molecular weight excluding hydrogens is 366 g/mol. The van der Waals surface area contributed by atoms with E-state index in [9.17, 15) is 4.79 Å². The highest BCUT2D eigenvalue weighted by atomic mass is 16.5. The Labute approximate surface area is 171 Å². The van der Waals surface area contributed by atoms with Crippen LogP contribution < -0.4 is 14.8 Å². The summed E-state index contributed by atoms with van der Waals surface area (Å²) in [6, 6.07) is 12.9. The van der Waals surface area contributed by atoms with Crippen LogP contribution in [-0.2, 0) is 7.05 Å². The van der Waals surface area contributed by atoms with Crippen molar-refractivity contribution < 1.29 is 14.3 Å². The topological polar surface area (TPSA) is 65.4 Å². The minimum Gasteiger partial charge on any atom is -0.490 e. The van der Waals surface area contributed by atoms with Crippen molar-refractivity contribution in [3.8, 4) is 22.9 Å². The molecule has 1 N–H and O–H groups in total. The summed E-state index contributed by atoms with van der Waals surface area (Å²) in [5, 5.41) is 2.95. The summed E-state index contributed by atoms with van der Waals surface area (Å²) in [7, 11) is 1.94. The summed E-state index contributed by atoms with van der Waals surface area (Å²) in [5.74, 6) is 1.89. The number of hydrogen-bond donors (Lipinski definition) is 1. The molecule has 6 heteroatoms. The van der Waals surface area contributed by atoms with E-state index in [1.807, 2.05) is 55.9 Å². The van der Waals surface area contributed by atoms with Gasteiger partial charge in [-0.1, -0.05) is 26.0 Å². The van der Waals surface area contributed by atoms with E-state index in [1.54, 1.807) is 24.4 Å². The quantitative estimate of drug-likeness (QED) is 0.561. The monoisotopic (exact) mass is 393 g/mol. The van der Waals surface area contributed by atoms with Crippen LogP contribution >= 0.6 is 0 Å². The fraction of sp³-hybridized carbons (Fsp3) is 0.304. The SMILES string of the molecule is CCCOc1ccc(C(=O)Nc2cccc(-c3nccn3C)c2)cc1OCCC. The second kappa shape index (κ2) is 9.78. The fourth-order valence-electron chi connectivity index (χ4n) is 2.89. The van der Waals surface area contributed by atoms with Crippen LogP contribution in [0.1, 0.15) is 37.0 Å². The van der Waals surface area contributed by atoms with E-state index >= 15 is 0 Å². The number of nitrogens with zero attached hydrogens (tertiary/aromatic N) is 2. The molecule has 3 rings (SSSR count). The van der Waals surface area contributed by atoms with Gasteiger partial charge in [-0.25, -0.2) is 4.98 Å². The second-order valence-electron chi connectivity index (χ2n) is 6.76. The number of imidazole rings is 1. The first-order chi connectivity index (χ1) is 14.1. The Bertz CT molecular complexity index is 966. The van der Waals surface area contributed by atoms with Crippen molar-refractivity contribution in [3.63, 3.8) is 0 Å². The minimum atomic E-state index is -0.203. The predicted octanol–water partition coefficient (Wildman–Crippen LogP) is 4.92. The molecule has 0 unspecified atom stereocenters. The van der Waals surface area contributed by atoms with Crippen LogP contribution in [-0.4, -0.2) is 28.7 Å². The first-order valence-corrected chi connectivity index (χ1v) is 9.91. The highest BCUT2D eigenvalue weighted by Crippen LogP contribution is 2.29. The highest BCUT2D eigenvalue weighted by molar-refractivity contribution is 6.04. The lowest BCUT2D eigenvalue weighted by Gasteiger charge is -2.14. The van der Waals surface area contributed by atoms with Crippen molar-refractivity contribution in [1.82, 2.24) is 9.55 Å². The third-order valence-corrected chi connectivity index (χ3v) is 4.33. The van der Waals surface area contributed by atoms with E-state index in [-0.39, 0.29) is 5.91 Å². The van der Waals surface area contributed by atoms with Gasteiger partial charge in [-0.3, -0.25) is 4.79 Å². The summed E-state index contributed by atoms with van der Waals surface area (Å²) in [5.41, 5.74) is 2.16. The summed E-state index contributed by atoms with van der Waals surface area (Å²) in [6.45, 7) is 5.26. The molecule has 0 radical (unpaired) electrons. The van der Waals surface area contributed by atoms with Crippen LogP contribution in [0.25, 0.3) is 11.4 Å². The molecule has 3 aromatic rings. The van der Waals surface area contributed by atoms with Gasteiger partial charge in [0.1, 0.15) is 5.82 Å². The Morgan fingerprint density at radius 2 is 1.79 bits per heavy atom. The smallest absolute Gasteiger partial charge is 0.255 e. The van der Waals surface area contributed by atoms with Gasteiger partial charge >= 0.3 is 0 Å². The molecular formula is C23H27N3O3. The number of aromatic nitrogens is 2.